The SMILES string of the molecule is CCCN1CCC(NC(C)c2ccc(F)cn2)CC1. The molecule has 3 nitrogen and oxygen atoms in total. The van der Waals surface area contributed by atoms with Crippen LogP contribution in [0.15, 0.2) is 18.3 Å². The number of pyridine rings is 1. The van der Waals surface area contributed by atoms with Crippen LogP contribution in [0, 0.1) is 5.82 Å². The lowest BCUT2D eigenvalue weighted by Gasteiger charge is -2.33. The molecule has 4 heteroatoms. The molecule has 1 saturated heterocycles. The molecule has 1 N–H and O–H groups in total. The van der Waals surface area contributed by atoms with Crippen LogP contribution >= 0.6 is 0 Å². The van der Waals surface area contributed by atoms with Gasteiger partial charge in [0.15, 0.2) is 0 Å². The molecule has 0 amide bonds. The van der Waals surface area contributed by atoms with E-state index in [0.717, 1.165) is 5.69 Å². The molecule has 1 aromatic rings. The summed E-state index contributed by atoms with van der Waals surface area (Å²) in [4.78, 5) is 6.67. The van der Waals surface area contributed by atoms with Crippen molar-refractivity contribution in [1.29, 1.82) is 0 Å². The summed E-state index contributed by atoms with van der Waals surface area (Å²) in [5.74, 6) is -0.274. The highest BCUT2D eigenvalue weighted by Gasteiger charge is 2.20. The number of likely N-dealkylation sites (tertiary alicyclic amines) is 1. The molecule has 1 aliphatic heterocycles. The zero-order valence-corrected chi connectivity index (χ0v) is 11.9. The standard InChI is InChI=1S/C15H24FN3/c1-3-8-19-9-6-14(7-10-19)18-12(2)15-5-4-13(16)11-17-15/h4-5,11-12,14,18H,3,6-10H2,1-2H3. The van der Waals surface area contributed by atoms with Crippen LogP contribution in [0.4, 0.5) is 4.39 Å². The summed E-state index contributed by atoms with van der Waals surface area (Å²) < 4.78 is 12.8. The van der Waals surface area contributed by atoms with Crippen LogP contribution in [0.25, 0.3) is 0 Å². The van der Waals surface area contributed by atoms with E-state index in [0.29, 0.717) is 6.04 Å². The maximum Gasteiger partial charge on any atom is 0.141 e. The second-order valence-electron chi connectivity index (χ2n) is 5.41. The first-order valence-corrected chi connectivity index (χ1v) is 7.29. The smallest absolute Gasteiger partial charge is 0.141 e. The molecule has 2 heterocycles. The number of hydrogen-bond donors (Lipinski definition) is 1. The van der Waals surface area contributed by atoms with E-state index >= 15 is 0 Å². The number of rotatable bonds is 5. The molecule has 1 aliphatic rings. The predicted molar refractivity (Wildman–Crippen MR) is 75.5 cm³/mol. The van der Waals surface area contributed by atoms with Gasteiger partial charge in [-0.1, -0.05) is 6.92 Å². The van der Waals surface area contributed by atoms with E-state index in [1.807, 2.05) is 0 Å². The summed E-state index contributed by atoms with van der Waals surface area (Å²) in [5.41, 5.74) is 0.914. The highest BCUT2D eigenvalue weighted by Crippen LogP contribution is 2.16. The normalized spacial score (nSPS) is 19.5. The minimum absolute atomic E-state index is 0.184. The molecule has 106 valence electrons. The highest BCUT2D eigenvalue weighted by atomic mass is 19.1. The van der Waals surface area contributed by atoms with Crippen LogP contribution in [-0.2, 0) is 0 Å². The lowest BCUT2D eigenvalue weighted by Crippen LogP contribution is -2.43. The van der Waals surface area contributed by atoms with E-state index < -0.39 is 0 Å². The number of nitrogens with zero attached hydrogens (tertiary/aromatic N) is 2. The Morgan fingerprint density at radius 2 is 2.16 bits per heavy atom. The molecule has 2 rings (SSSR count). The third kappa shape index (κ3) is 4.25. The largest absolute Gasteiger partial charge is 0.306 e. The summed E-state index contributed by atoms with van der Waals surface area (Å²) >= 11 is 0. The molecular weight excluding hydrogens is 241 g/mol. The topological polar surface area (TPSA) is 28.2 Å². The van der Waals surface area contributed by atoms with Gasteiger partial charge in [0.05, 0.1) is 11.9 Å². The first-order chi connectivity index (χ1) is 9.19. The van der Waals surface area contributed by atoms with Gasteiger partial charge in [-0.15, -0.1) is 0 Å². The lowest BCUT2D eigenvalue weighted by molar-refractivity contribution is 0.192. The second kappa shape index (κ2) is 6.96. The summed E-state index contributed by atoms with van der Waals surface area (Å²) in [6, 6.07) is 3.97. The van der Waals surface area contributed by atoms with Crippen molar-refractivity contribution in [2.45, 2.75) is 45.2 Å². The summed E-state index contributed by atoms with van der Waals surface area (Å²) in [7, 11) is 0. The van der Waals surface area contributed by atoms with Crippen molar-refractivity contribution in [1.82, 2.24) is 15.2 Å². The number of aromatic nitrogens is 1. The monoisotopic (exact) mass is 265 g/mol. The molecule has 1 atom stereocenters. The van der Waals surface area contributed by atoms with Crippen molar-refractivity contribution >= 4 is 0 Å². The first-order valence-electron chi connectivity index (χ1n) is 7.29. The lowest BCUT2D eigenvalue weighted by atomic mass is 10.0. The summed E-state index contributed by atoms with van der Waals surface area (Å²) in [6.45, 7) is 7.89. The summed E-state index contributed by atoms with van der Waals surface area (Å²) in [6.07, 6.45) is 4.89. The van der Waals surface area contributed by atoms with Crippen LogP contribution < -0.4 is 5.32 Å². The van der Waals surface area contributed by atoms with Gasteiger partial charge in [-0.25, -0.2) is 4.39 Å². The number of nitrogens with one attached hydrogen (secondary N) is 1. The number of hydrogen-bond acceptors (Lipinski definition) is 3. The van der Waals surface area contributed by atoms with Gasteiger partial charge in [0, 0.05) is 12.1 Å². The van der Waals surface area contributed by atoms with Gasteiger partial charge in [0.2, 0.25) is 0 Å². The Balaban J connectivity index is 1.80. The van der Waals surface area contributed by atoms with Gasteiger partial charge in [0.1, 0.15) is 5.82 Å². The van der Waals surface area contributed by atoms with Crippen molar-refractivity contribution in [2.75, 3.05) is 19.6 Å². The molecule has 1 fully saturated rings. The Morgan fingerprint density at radius 1 is 1.42 bits per heavy atom. The Hall–Kier alpha value is -1.00. The Kier molecular flexibility index (Phi) is 5.28. The zero-order chi connectivity index (χ0) is 13.7. The maximum absolute atomic E-state index is 12.8. The van der Waals surface area contributed by atoms with Crippen molar-refractivity contribution in [3.05, 3.63) is 29.8 Å². The van der Waals surface area contributed by atoms with Gasteiger partial charge in [-0.05, 0) is 58.0 Å². The molecule has 0 aromatic carbocycles. The minimum atomic E-state index is -0.274. The molecular formula is C15H24FN3. The molecule has 0 spiro atoms. The minimum Gasteiger partial charge on any atom is -0.306 e. The zero-order valence-electron chi connectivity index (χ0n) is 11.9. The average Bonchev–Trinajstić information content (AvgIpc) is 2.42. The van der Waals surface area contributed by atoms with Gasteiger partial charge in [0.25, 0.3) is 0 Å². The molecule has 0 radical (unpaired) electrons. The van der Waals surface area contributed by atoms with Crippen molar-refractivity contribution in [3.63, 3.8) is 0 Å². The van der Waals surface area contributed by atoms with Crippen LogP contribution in [-0.4, -0.2) is 35.6 Å². The van der Waals surface area contributed by atoms with E-state index in [1.165, 1.54) is 51.2 Å². The van der Waals surface area contributed by atoms with E-state index in [4.69, 9.17) is 0 Å². The molecule has 1 aromatic heterocycles. The van der Waals surface area contributed by atoms with Gasteiger partial charge in [-0.2, -0.15) is 0 Å². The molecule has 0 bridgehead atoms. The van der Waals surface area contributed by atoms with Crippen LogP contribution in [0.1, 0.15) is 44.8 Å². The number of piperidine rings is 1. The highest BCUT2D eigenvalue weighted by molar-refractivity contribution is 5.09. The Bertz CT molecular complexity index is 371. The van der Waals surface area contributed by atoms with Crippen LogP contribution in [0.2, 0.25) is 0 Å². The van der Waals surface area contributed by atoms with Crippen molar-refractivity contribution in [2.24, 2.45) is 0 Å². The predicted octanol–water partition coefficient (Wildman–Crippen LogP) is 2.75. The van der Waals surface area contributed by atoms with E-state index in [2.05, 4.69) is 29.0 Å². The van der Waals surface area contributed by atoms with Gasteiger partial charge >= 0.3 is 0 Å². The third-order valence-electron chi connectivity index (χ3n) is 3.81. The number of halogens is 1. The van der Waals surface area contributed by atoms with Crippen molar-refractivity contribution in [3.8, 4) is 0 Å². The van der Waals surface area contributed by atoms with E-state index in [9.17, 15) is 4.39 Å². The Morgan fingerprint density at radius 3 is 2.74 bits per heavy atom. The van der Waals surface area contributed by atoms with E-state index in [1.54, 1.807) is 6.07 Å². The fourth-order valence-electron chi connectivity index (χ4n) is 2.72. The fraction of sp³-hybridized carbons (Fsp3) is 0.667. The molecule has 0 aliphatic carbocycles. The quantitative estimate of drug-likeness (QED) is 0.887. The first kappa shape index (κ1) is 14.4. The van der Waals surface area contributed by atoms with Crippen molar-refractivity contribution < 1.29 is 4.39 Å². The van der Waals surface area contributed by atoms with Crippen LogP contribution in [0.5, 0.6) is 0 Å². The average molecular weight is 265 g/mol. The molecule has 19 heavy (non-hydrogen) atoms. The van der Waals surface area contributed by atoms with Gasteiger partial charge in [-0.3, -0.25) is 4.98 Å². The third-order valence-corrected chi connectivity index (χ3v) is 3.81. The molecule has 0 saturated carbocycles. The Labute approximate surface area is 115 Å². The second-order valence-corrected chi connectivity index (χ2v) is 5.41. The fourth-order valence-corrected chi connectivity index (χ4v) is 2.72. The van der Waals surface area contributed by atoms with E-state index in [-0.39, 0.29) is 11.9 Å². The van der Waals surface area contributed by atoms with Gasteiger partial charge < -0.3 is 10.2 Å². The van der Waals surface area contributed by atoms with Crippen LogP contribution in [0.3, 0.4) is 0 Å². The molecule has 1 unspecified atom stereocenters. The maximum atomic E-state index is 12.8. The summed E-state index contributed by atoms with van der Waals surface area (Å²) in [5, 5.41) is 3.61.